The second kappa shape index (κ2) is 3.71. The van der Waals surface area contributed by atoms with E-state index in [0.717, 1.165) is 10.4 Å². The van der Waals surface area contributed by atoms with Gasteiger partial charge in [-0.05, 0) is 11.6 Å². The predicted octanol–water partition coefficient (Wildman–Crippen LogP) is 2.21. The fourth-order valence-corrected chi connectivity index (χ4v) is 2.67. The third-order valence-electron chi connectivity index (χ3n) is 2.41. The molecule has 0 radical (unpaired) electrons. The highest BCUT2D eigenvalue weighted by molar-refractivity contribution is 7.21. The average molecular weight is 245 g/mol. The van der Waals surface area contributed by atoms with Crippen LogP contribution < -0.4 is 11.4 Å². The molecule has 0 aliphatic carbocycles. The fourth-order valence-electron chi connectivity index (χ4n) is 1.64. The molecule has 0 atom stereocenters. The number of thiophene rings is 1. The van der Waals surface area contributed by atoms with Crippen LogP contribution >= 0.6 is 11.3 Å². The monoisotopic (exact) mass is 245 g/mol. The summed E-state index contributed by atoms with van der Waals surface area (Å²) in [6, 6.07) is 11.4. The number of aromatic amines is 1. The molecule has 17 heavy (non-hydrogen) atoms. The minimum Gasteiger partial charge on any atom is -0.372 e. The van der Waals surface area contributed by atoms with E-state index in [2.05, 4.69) is 9.40 Å². The van der Waals surface area contributed by atoms with Gasteiger partial charge in [-0.1, -0.05) is 30.3 Å². The van der Waals surface area contributed by atoms with Gasteiger partial charge in [0, 0.05) is 4.88 Å². The van der Waals surface area contributed by atoms with Crippen LogP contribution in [0.3, 0.4) is 0 Å². The van der Waals surface area contributed by atoms with E-state index in [0.29, 0.717) is 10.2 Å². The molecule has 0 saturated heterocycles. The number of aromatic nitrogens is 1. The van der Waals surface area contributed by atoms with Gasteiger partial charge in [-0.15, -0.1) is 11.3 Å². The molecule has 2 heterocycles. The van der Waals surface area contributed by atoms with Crippen molar-refractivity contribution in [3.63, 3.8) is 0 Å². The number of benzene rings is 1. The van der Waals surface area contributed by atoms with Crippen LogP contribution in [-0.2, 0) is 0 Å². The lowest BCUT2D eigenvalue weighted by molar-refractivity contribution is 0.460. The minimum absolute atomic E-state index is 0.411. The summed E-state index contributed by atoms with van der Waals surface area (Å²) in [6.07, 6.45) is 0. The molecule has 0 aliphatic heterocycles. The molecule has 84 valence electrons. The van der Waals surface area contributed by atoms with E-state index in [4.69, 9.17) is 0 Å². The number of hydrogen-bond acceptors (Lipinski definition) is 4. The van der Waals surface area contributed by atoms with Crippen molar-refractivity contribution in [2.75, 3.05) is 0 Å². The Bertz CT molecular complexity index is 783. The third-order valence-corrected chi connectivity index (χ3v) is 3.51. The molecule has 0 fully saturated rings. The summed E-state index contributed by atoms with van der Waals surface area (Å²) in [4.78, 5) is 26.5. The summed E-state index contributed by atoms with van der Waals surface area (Å²) in [5, 5.41) is 0.411. The molecule has 0 aliphatic rings. The standard InChI is InChI=1S/C12H7NO3S/c14-11-8-6-9(7-4-2-1-3-5-7)17-10(8)13-12(15)16-11/h1-6H,(H,13,15). The molecule has 5 heteroatoms. The van der Waals surface area contributed by atoms with Crippen LogP contribution in [0.4, 0.5) is 0 Å². The van der Waals surface area contributed by atoms with Crippen LogP contribution in [0.1, 0.15) is 0 Å². The SMILES string of the molecule is O=c1[nH]c2sc(-c3ccccc3)cc2c(=O)o1. The number of rotatable bonds is 1. The van der Waals surface area contributed by atoms with Crippen molar-refractivity contribution in [3.05, 3.63) is 57.4 Å². The topological polar surface area (TPSA) is 63.1 Å². The van der Waals surface area contributed by atoms with Crippen LogP contribution in [0.2, 0.25) is 0 Å². The molecule has 0 spiro atoms. The molecule has 3 aromatic rings. The van der Waals surface area contributed by atoms with Crippen molar-refractivity contribution in [2.24, 2.45) is 0 Å². The Hall–Kier alpha value is -2.14. The van der Waals surface area contributed by atoms with Crippen molar-refractivity contribution < 1.29 is 4.42 Å². The number of fused-ring (bicyclic) bond motifs is 1. The van der Waals surface area contributed by atoms with E-state index < -0.39 is 11.4 Å². The average Bonchev–Trinajstić information content (AvgIpc) is 2.74. The molecule has 3 rings (SSSR count). The lowest BCUT2D eigenvalue weighted by Crippen LogP contribution is -2.12. The maximum absolute atomic E-state index is 11.5. The van der Waals surface area contributed by atoms with Crippen molar-refractivity contribution in [1.29, 1.82) is 0 Å². The summed E-state index contributed by atoms with van der Waals surface area (Å²) in [5.41, 5.74) is 0.413. The van der Waals surface area contributed by atoms with Crippen LogP contribution in [0.15, 0.2) is 50.4 Å². The third kappa shape index (κ3) is 1.70. The Morgan fingerprint density at radius 2 is 1.88 bits per heavy atom. The van der Waals surface area contributed by atoms with Crippen LogP contribution in [0.5, 0.6) is 0 Å². The zero-order valence-electron chi connectivity index (χ0n) is 8.60. The Labute approximate surface area is 99.2 Å². The highest BCUT2D eigenvalue weighted by Crippen LogP contribution is 2.29. The Kier molecular flexibility index (Phi) is 2.19. The number of nitrogens with one attached hydrogen (secondary N) is 1. The van der Waals surface area contributed by atoms with Crippen molar-refractivity contribution >= 4 is 21.6 Å². The predicted molar refractivity (Wildman–Crippen MR) is 66.4 cm³/mol. The molecule has 1 N–H and O–H groups in total. The quantitative estimate of drug-likeness (QED) is 0.715. The Morgan fingerprint density at radius 1 is 1.12 bits per heavy atom. The second-order valence-corrected chi connectivity index (χ2v) is 4.57. The molecular weight excluding hydrogens is 238 g/mol. The summed E-state index contributed by atoms with van der Waals surface area (Å²) < 4.78 is 4.48. The number of H-pyrrole nitrogens is 1. The molecule has 1 aromatic carbocycles. The molecular formula is C12H7NO3S. The van der Waals surface area contributed by atoms with Gasteiger partial charge in [0.15, 0.2) is 0 Å². The first kappa shape index (κ1) is 10.0. The molecule has 0 amide bonds. The van der Waals surface area contributed by atoms with E-state index in [-0.39, 0.29) is 0 Å². The maximum atomic E-state index is 11.5. The van der Waals surface area contributed by atoms with Gasteiger partial charge in [0.2, 0.25) is 0 Å². The molecule has 4 nitrogen and oxygen atoms in total. The zero-order chi connectivity index (χ0) is 11.8. The first-order valence-corrected chi connectivity index (χ1v) is 5.78. The first-order chi connectivity index (χ1) is 8.24. The van der Waals surface area contributed by atoms with Crippen molar-refractivity contribution in [1.82, 2.24) is 4.98 Å². The molecule has 2 aromatic heterocycles. The van der Waals surface area contributed by atoms with Gasteiger partial charge >= 0.3 is 11.4 Å². The van der Waals surface area contributed by atoms with E-state index in [1.165, 1.54) is 11.3 Å². The molecule has 0 bridgehead atoms. The van der Waals surface area contributed by atoms with Crippen LogP contribution in [0.25, 0.3) is 20.7 Å². The van der Waals surface area contributed by atoms with Crippen LogP contribution in [-0.4, -0.2) is 4.98 Å². The van der Waals surface area contributed by atoms with Gasteiger partial charge < -0.3 is 4.42 Å². The van der Waals surface area contributed by atoms with Gasteiger partial charge in [0.1, 0.15) is 4.83 Å². The first-order valence-electron chi connectivity index (χ1n) is 4.96. The van der Waals surface area contributed by atoms with Gasteiger partial charge in [0.25, 0.3) is 0 Å². The van der Waals surface area contributed by atoms with Gasteiger partial charge in [-0.2, -0.15) is 0 Å². The molecule has 0 saturated carbocycles. The highest BCUT2D eigenvalue weighted by Gasteiger charge is 2.09. The number of hydrogen-bond donors (Lipinski definition) is 1. The fraction of sp³-hybridized carbons (Fsp3) is 0. The lowest BCUT2D eigenvalue weighted by Gasteiger charge is -1.93. The second-order valence-electron chi connectivity index (χ2n) is 3.52. The maximum Gasteiger partial charge on any atom is 0.420 e. The van der Waals surface area contributed by atoms with Crippen LogP contribution in [0, 0.1) is 0 Å². The normalized spacial score (nSPS) is 10.8. The largest absolute Gasteiger partial charge is 0.420 e. The smallest absolute Gasteiger partial charge is 0.372 e. The Balaban J connectivity index is 2.31. The summed E-state index contributed by atoms with van der Waals surface area (Å²) >= 11 is 1.36. The highest BCUT2D eigenvalue weighted by atomic mass is 32.1. The van der Waals surface area contributed by atoms with Gasteiger partial charge in [-0.25, -0.2) is 9.59 Å². The Morgan fingerprint density at radius 3 is 2.65 bits per heavy atom. The summed E-state index contributed by atoms with van der Waals surface area (Å²) in [6.45, 7) is 0. The zero-order valence-corrected chi connectivity index (χ0v) is 9.41. The van der Waals surface area contributed by atoms with Crippen molar-refractivity contribution in [3.8, 4) is 10.4 Å². The molecule has 0 unspecified atom stereocenters. The van der Waals surface area contributed by atoms with Crippen molar-refractivity contribution in [2.45, 2.75) is 0 Å². The van der Waals surface area contributed by atoms with Gasteiger partial charge in [0.05, 0.1) is 5.39 Å². The van der Waals surface area contributed by atoms with E-state index in [1.54, 1.807) is 6.07 Å². The lowest BCUT2D eigenvalue weighted by atomic mass is 10.2. The van der Waals surface area contributed by atoms with E-state index in [9.17, 15) is 9.59 Å². The summed E-state index contributed by atoms with van der Waals surface area (Å²) in [7, 11) is 0. The van der Waals surface area contributed by atoms with E-state index >= 15 is 0 Å². The van der Waals surface area contributed by atoms with E-state index in [1.807, 2.05) is 30.3 Å². The summed E-state index contributed by atoms with van der Waals surface area (Å²) in [5.74, 6) is -0.719. The van der Waals surface area contributed by atoms with Gasteiger partial charge in [-0.3, -0.25) is 4.98 Å². The minimum atomic E-state index is -0.719.